The lowest BCUT2D eigenvalue weighted by Gasteiger charge is -2.07. The maximum Gasteiger partial charge on any atom is 0.123 e. The summed E-state index contributed by atoms with van der Waals surface area (Å²) in [7, 11) is 0. The van der Waals surface area contributed by atoms with Crippen molar-refractivity contribution in [3.8, 4) is 22.4 Å². The summed E-state index contributed by atoms with van der Waals surface area (Å²) in [4.78, 5) is 8.17. The number of aromatic nitrogens is 3. The normalized spacial score (nSPS) is 11.0. The standard InChI is InChI=1S/C18H12FN3O/c19-14-3-1-12(2-4-14)17-15-11-21-10-7-16(15)22(23)18(17)13-5-8-20-9-6-13/h1-11,23H. The monoisotopic (exact) mass is 305 g/mol. The van der Waals surface area contributed by atoms with Gasteiger partial charge in [0, 0.05) is 41.3 Å². The molecular weight excluding hydrogens is 293 g/mol. The van der Waals surface area contributed by atoms with E-state index in [9.17, 15) is 9.60 Å². The first-order valence-electron chi connectivity index (χ1n) is 7.10. The van der Waals surface area contributed by atoms with E-state index in [1.807, 2.05) is 12.1 Å². The van der Waals surface area contributed by atoms with E-state index in [4.69, 9.17) is 0 Å². The summed E-state index contributed by atoms with van der Waals surface area (Å²) < 4.78 is 14.4. The molecule has 0 atom stereocenters. The van der Waals surface area contributed by atoms with Crippen molar-refractivity contribution in [1.29, 1.82) is 0 Å². The lowest BCUT2D eigenvalue weighted by atomic mass is 9.99. The van der Waals surface area contributed by atoms with Crippen LogP contribution in [0.1, 0.15) is 0 Å². The van der Waals surface area contributed by atoms with Crippen molar-refractivity contribution in [3.63, 3.8) is 0 Å². The highest BCUT2D eigenvalue weighted by Gasteiger charge is 2.20. The zero-order valence-electron chi connectivity index (χ0n) is 12.0. The summed E-state index contributed by atoms with van der Waals surface area (Å²) in [6.45, 7) is 0. The molecule has 112 valence electrons. The first kappa shape index (κ1) is 13.5. The zero-order chi connectivity index (χ0) is 15.8. The van der Waals surface area contributed by atoms with Crippen LogP contribution in [0.3, 0.4) is 0 Å². The SMILES string of the molecule is On1c(-c2ccncc2)c(-c2ccc(F)cc2)c2cnccc21. The van der Waals surface area contributed by atoms with E-state index < -0.39 is 0 Å². The van der Waals surface area contributed by atoms with Crippen LogP contribution in [0, 0.1) is 5.82 Å². The molecule has 0 aliphatic carbocycles. The van der Waals surface area contributed by atoms with Crippen LogP contribution >= 0.6 is 0 Å². The van der Waals surface area contributed by atoms with Crippen molar-refractivity contribution in [2.24, 2.45) is 0 Å². The van der Waals surface area contributed by atoms with Gasteiger partial charge in [-0.05, 0) is 35.9 Å². The number of benzene rings is 1. The van der Waals surface area contributed by atoms with E-state index in [0.29, 0.717) is 11.2 Å². The Morgan fingerprint density at radius 2 is 1.52 bits per heavy atom. The fourth-order valence-electron chi connectivity index (χ4n) is 2.80. The second kappa shape index (κ2) is 5.21. The number of fused-ring (bicyclic) bond motifs is 1. The smallest absolute Gasteiger partial charge is 0.123 e. The molecule has 0 amide bonds. The summed E-state index contributed by atoms with van der Waals surface area (Å²) in [6.07, 6.45) is 6.66. The third-order valence-electron chi connectivity index (χ3n) is 3.83. The molecule has 3 aromatic heterocycles. The van der Waals surface area contributed by atoms with E-state index in [1.54, 1.807) is 43.0 Å². The van der Waals surface area contributed by atoms with Gasteiger partial charge in [0.2, 0.25) is 0 Å². The van der Waals surface area contributed by atoms with E-state index in [2.05, 4.69) is 9.97 Å². The molecule has 0 aliphatic heterocycles. The third kappa shape index (κ3) is 2.14. The predicted octanol–water partition coefficient (Wildman–Crippen LogP) is 4.14. The first-order valence-corrected chi connectivity index (χ1v) is 7.10. The lowest BCUT2D eigenvalue weighted by Crippen LogP contribution is -1.94. The van der Waals surface area contributed by atoms with Crippen LogP contribution in [0.4, 0.5) is 4.39 Å². The number of halogens is 1. The maximum absolute atomic E-state index is 13.3. The molecule has 1 aromatic carbocycles. The molecular formula is C18H12FN3O. The van der Waals surface area contributed by atoms with Gasteiger partial charge in [0.05, 0.1) is 11.2 Å². The van der Waals surface area contributed by atoms with E-state index in [0.717, 1.165) is 26.8 Å². The van der Waals surface area contributed by atoms with Gasteiger partial charge in [-0.15, -0.1) is 0 Å². The number of rotatable bonds is 2. The Morgan fingerprint density at radius 3 is 2.26 bits per heavy atom. The second-order valence-corrected chi connectivity index (χ2v) is 5.17. The van der Waals surface area contributed by atoms with Gasteiger partial charge in [-0.1, -0.05) is 12.1 Å². The maximum atomic E-state index is 13.3. The quantitative estimate of drug-likeness (QED) is 0.566. The van der Waals surface area contributed by atoms with Crippen molar-refractivity contribution in [3.05, 3.63) is 73.1 Å². The van der Waals surface area contributed by atoms with Gasteiger partial charge in [-0.2, -0.15) is 4.73 Å². The molecule has 0 aliphatic rings. The largest absolute Gasteiger partial charge is 0.428 e. The van der Waals surface area contributed by atoms with Gasteiger partial charge in [-0.3, -0.25) is 9.97 Å². The zero-order valence-corrected chi connectivity index (χ0v) is 12.0. The van der Waals surface area contributed by atoms with Crippen LogP contribution in [-0.2, 0) is 0 Å². The summed E-state index contributed by atoms with van der Waals surface area (Å²) in [6, 6.07) is 11.6. The fourth-order valence-corrected chi connectivity index (χ4v) is 2.80. The number of hydrogen-bond acceptors (Lipinski definition) is 3. The molecule has 0 fully saturated rings. The number of pyridine rings is 2. The Hall–Kier alpha value is -3.21. The average Bonchev–Trinajstić information content (AvgIpc) is 2.90. The van der Waals surface area contributed by atoms with Crippen LogP contribution in [0.15, 0.2) is 67.3 Å². The lowest BCUT2D eigenvalue weighted by molar-refractivity contribution is 0.205. The number of nitrogens with zero attached hydrogens (tertiary/aromatic N) is 3. The molecule has 3 heterocycles. The Kier molecular flexibility index (Phi) is 3.05. The molecule has 1 N–H and O–H groups in total. The summed E-state index contributed by atoms with van der Waals surface area (Å²) in [5.41, 5.74) is 3.71. The third-order valence-corrected chi connectivity index (χ3v) is 3.83. The van der Waals surface area contributed by atoms with Gasteiger partial charge in [-0.25, -0.2) is 4.39 Å². The molecule has 0 unspecified atom stereocenters. The molecule has 4 rings (SSSR count). The van der Waals surface area contributed by atoms with Gasteiger partial charge in [0.1, 0.15) is 5.82 Å². The van der Waals surface area contributed by atoms with Crippen LogP contribution in [-0.4, -0.2) is 19.9 Å². The topological polar surface area (TPSA) is 50.9 Å². The highest BCUT2D eigenvalue weighted by atomic mass is 19.1. The summed E-state index contributed by atoms with van der Waals surface area (Å²) >= 11 is 0. The molecule has 23 heavy (non-hydrogen) atoms. The van der Waals surface area contributed by atoms with Crippen LogP contribution in [0.5, 0.6) is 0 Å². The Morgan fingerprint density at radius 1 is 0.826 bits per heavy atom. The molecule has 4 aromatic rings. The summed E-state index contributed by atoms with van der Waals surface area (Å²) in [5.74, 6) is -0.301. The van der Waals surface area contributed by atoms with Gasteiger partial charge >= 0.3 is 0 Å². The minimum atomic E-state index is -0.301. The molecule has 0 spiro atoms. The minimum Gasteiger partial charge on any atom is -0.428 e. The van der Waals surface area contributed by atoms with E-state index in [1.165, 1.54) is 12.1 Å². The van der Waals surface area contributed by atoms with Gasteiger partial charge in [0.15, 0.2) is 0 Å². The fraction of sp³-hybridized carbons (Fsp3) is 0. The van der Waals surface area contributed by atoms with Crippen LogP contribution in [0.2, 0.25) is 0 Å². The Balaban J connectivity index is 2.10. The predicted molar refractivity (Wildman–Crippen MR) is 85.5 cm³/mol. The molecule has 5 heteroatoms. The Bertz CT molecular complexity index is 979. The number of hydrogen-bond donors (Lipinski definition) is 1. The second-order valence-electron chi connectivity index (χ2n) is 5.17. The van der Waals surface area contributed by atoms with Gasteiger partial charge in [0.25, 0.3) is 0 Å². The Labute approximate surface area is 131 Å². The molecule has 0 saturated heterocycles. The van der Waals surface area contributed by atoms with Crippen molar-refractivity contribution in [2.75, 3.05) is 0 Å². The van der Waals surface area contributed by atoms with E-state index in [-0.39, 0.29) is 5.82 Å². The average molecular weight is 305 g/mol. The van der Waals surface area contributed by atoms with Crippen molar-refractivity contribution < 1.29 is 9.60 Å². The summed E-state index contributed by atoms with van der Waals surface area (Å²) in [5, 5.41) is 11.4. The van der Waals surface area contributed by atoms with Crippen molar-refractivity contribution in [2.45, 2.75) is 0 Å². The van der Waals surface area contributed by atoms with Gasteiger partial charge < -0.3 is 5.21 Å². The van der Waals surface area contributed by atoms with Crippen molar-refractivity contribution in [1.82, 2.24) is 14.7 Å². The molecule has 0 bridgehead atoms. The van der Waals surface area contributed by atoms with Crippen molar-refractivity contribution >= 4 is 10.9 Å². The molecule has 4 nitrogen and oxygen atoms in total. The van der Waals surface area contributed by atoms with Crippen LogP contribution < -0.4 is 0 Å². The highest BCUT2D eigenvalue weighted by molar-refractivity contribution is 6.03. The first-order chi connectivity index (χ1) is 11.3. The minimum absolute atomic E-state index is 0.301. The molecule has 0 saturated carbocycles. The molecule has 0 radical (unpaired) electrons. The van der Waals surface area contributed by atoms with E-state index >= 15 is 0 Å². The highest BCUT2D eigenvalue weighted by Crippen LogP contribution is 2.39. The van der Waals surface area contributed by atoms with Crippen LogP contribution in [0.25, 0.3) is 33.3 Å².